The summed E-state index contributed by atoms with van der Waals surface area (Å²) < 4.78 is 23.1. The van der Waals surface area contributed by atoms with Gasteiger partial charge in [0, 0.05) is 31.4 Å². The molecule has 172 valence electrons. The second-order valence-corrected chi connectivity index (χ2v) is 10.8. The third-order valence-corrected chi connectivity index (χ3v) is 6.67. The van der Waals surface area contributed by atoms with Gasteiger partial charge in [-0.15, -0.1) is 24.0 Å². The molecule has 0 bridgehead atoms. The first kappa shape index (κ1) is 27.2. The summed E-state index contributed by atoms with van der Waals surface area (Å²) in [6.45, 7) is 13.6. The molecule has 0 amide bonds. The predicted molar refractivity (Wildman–Crippen MR) is 137 cm³/mol. The normalized spacial score (nSPS) is 18.6. The van der Waals surface area contributed by atoms with Crippen LogP contribution in [0, 0.1) is 5.92 Å². The van der Waals surface area contributed by atoms with E-state index in [1.807, 2.05) is 12.1 Å². The van der Waals surface area contributed by atoms with Gasteiger partial charge in [-0.2, -0.15) is 0 Å². The smallest absolute Gasteiger partial charge is 0.191 e. The van der Waals surface area contributed by atoms with E-state index >= 15 is 0 Å². The van der Waals surface area contributed by atoms with E-state index in [0.717, 1.165) is 56.6 Å². The topological polar surface area (TPSA) is 73.8 Å². The van der Waals surface area contributed by atoms with Crippen molar-refractivity contribution >= 4 is 39.8 Å². The Hall–Kier alpha value is -0.870. The lowest BCUT2D eigenvalue weighted by molar-refractivity contribution is 0.0774. The van der Waals surface area contributed by atoms with Crippen LogP contribution in [0.15, 0.2) is 34.2 Å². The minimum atomic E-state index is -3.14. The summed E-state index contributed by atoms with van der Waals surface area (Å²) in [6.07, 6.45) is 4.63. The standard InChI is InChI=1S/C22H38N4O2S.HI/c1-6-23-21(25-17-22(3,4)26-15-7-8-18(2)16-26)24-14-13-19-9-11-20(12-10-19)29(5,27)28;/h9-12,18H,6-8,13-17H2,1-5H3,(H2,23,24,25);1H. The molecule has 1 atom stereocenters. The SMILES string of the molecule is CCNC(=NCC(C)(C)N1CCCC(C)C1)NCCc1ccc(S(C)(=O)=O)cc1.I. The van der Waals surface area contributed by atoms with Crippen LogP contribution in [0.2, 0.25) is 0 Å². The molecule has 2 N–H and O–H groups in total. The maximum Gasteiger partial charge on any atom is 0.191 e. The predicted octanol–water partition coefficient (Wildman–Crippen LogP) is 3.32. The van der Waals surface area contributed by atoms with Gasteiger partial charge in [0.15, 0.2) is 15.8 Å². The van der Waals surface area contributed by atoms with E-state index in [1.165, 1.54) is 19.1 Å². The second kappa shape index (κ2) is 12.2. The van der Waals surface area contributed by atoms with Crippen LogP contribution in [0.1, 0.15) is 46.1 Å². The number of sulfone groups is 1. The molecule has 1 unspecified atom stereocenters. The van der Waals surface area contributed by atoms with E-state index in [4.69, 9.17) is 4.99 Å². The van der Waals surface area contributed by atoms with E-state index in [2.05, 4.69) is 43.2 Å². The van der Waals surface area contributed by atoms with Gasteiger partial charge in [-0.05, 0) is 70.2 Å². The van der Waals surface area contributed by atoms with E-state index in [0.29, 0.717) is 4.90 Å². The molecule has 30 heavy (non-hydrogen) atoms. The first-order chi connectivity index (χ1) is 13.6. The number of piperidine rings is 1. The van der Waals surface area contributed by atoms with Gasteiger partial charge in [0.1, 0.15) is 0 Å². The number of halogens is 1. The number of guanidine groups is 1. The molecule has 1 aromatic rings. The van der Waals surface area contributed by atoms with Crippen LogP contribution in [-0.4, -0.2) is 63.8 Å². The van der Waals surface area contributed by atoms with Crippen molar-refractivity contribution in [3.05, 3.63) is 29.8 Å². The van der Waals surface area contributed by atoms with Crippen LogP contribution in [0.3, 0.4) is 0 Å². The minimum absolute atomic E-state index is 0. The molecule has 0 saturated carbocycles. The van der Waals surface area contributed by atoms with Crippen LogP contribution in [0.5, 0.6) is 0 Å². The first-order valence-electron chi connectivity index (χ1n) is 10.7. The molecule has 1 aliphatic heterocycles. The highest BCUT2D eigenvalue weighted by Crippen LogP contribution is 2.24. The highest BCUT2D eigenvalue weighted by Gasteiger charge is 2.29. The fraction of sp³-hybridized carbons (Fsp3) is 0.682. The van der Waals surface area contributed by atoms with E-state index in [1.54, 1.807) is 12.1 Å². The molecule has 1 aromatic carbocycles. The van der Waals surface area contributed by atoms with Gasteiger partial charge in [0.2, 0.25) is 0 Å². The highest BCUT2D eigenvalue weighted by molar-refractivity contribution is 14.0. The molecule has 1 aliphatic rings. The molecule has 8 heteroatoms. The third kappa shape index (κ3) is 8.70. The zero-order valence-corrected chi connectivity index (χ0v) is 22.2. The number of rotatable bonds is 8. The van der Waals surface area contributed by atoms with Crippen molar-refractivity contribution in [2.24, 2.45) is 10.9 Å². The molecular formula is C22H39IN4O2S. The van der Waals surface area contributed by atoms with Gasteiger partial charge in [0.05, 0.1) is 11.4 Å². The Kier molecular flexibility index (Phi) is 11.1. The van der Waals surface area contributed by atoms with Crippen LogP contribution in [-0.2, 0) is 16.3 Å². The van der Waals surface area contributed by atoms with Crippen molar-refractivity contribution < 1.29 is 8.42 Å². The van der Waals surface area contributed by atoms with Crippen LogP contribution in [0.4, 0.5) is 0 Å². The number of nitrogens with one attached hydrogen (secondary N) is 2. The average molecular weight is 551 g/mol. The molecule has 0 radical (unpaired) electrons. The molecule has 1 heterocycles. The van der Waals surface area contributed by atoms with Crippen molar-refractivity contribution in [2.75, 3.05) is 39.0 Å². The number of aliphatic imine (C=N–C) groups is 1. The van der Waals surface area contributed by atoms with Gasteiger partial charge in [-0.3, -0.25) is 9.89 Å². The molecule has 0 aliphatic carbocycles. The van der Waals surface area contributed by atoms with Gasteiger partial charge >= 0.3 is 0 Å². The summed E-state index contributed by atoms with van der Waals surface area (Å²) in [5.41, 5.74) is 1.14. The van der Waals surface area contributed by atoms with Gasteiger partial charge in [-0.25, -0.2) is 8.42 Å². The molecule has 0 spiro atoms. The number of hydrogen-bond acceptors (Lipinski definition) is 4. The lowest BCUT2D eigenvalue weighted by atomic mass is 9.94. The molecule has 6 nitrogen and oxygen atoms in total. The lowest BCUT2D eigenvalue weighted by Crippen LogP contribution is -2.51. The van der Waals surface area contributed by atoms with Gasteiger partial charge in [0.25, 0.3) is 0 Å². The lowest BCUT2D eigenvalue weighted by Gasteiger charge is -2.42. The van der Waals surface area contributed by atoms with E-state index in [9.17, 15) is 8.42 Å². The summed E-state index contributed by atoms with van der Waals surface area (Å²) in [5, 5.41) is 6.72. The molecule has 2 rings (SSSR count). The zero-order valence-electron chi connectivity index (χ0n) is 19.1. The van der Waals surface area contributed by atoms with Gasteiger partial charge < -0.3 is 10.6 Å². The largest absolute Gasteiger partial charge is 0.357 e. The number of benzene rings is 1. The maximum atomic E-state index is 11.6. The number of nitrogens with zero attached hydrogens (tertiary/aromatic N) is 2. The Morgan fingerprint density at radius 2 is 1.90 bits per heavy atom. The Morgan fingerprint density at radius 1 is 1.23 bits per heavy atom. The zero-order chi connectivity index (χ0) is 21.5. The highest BCUT2D eigenvalue weighted by atomic mass is 127. The average Bonchev–Trinajstić information content (AvgIpc) is 2.66. The van der Waals surface area contributed by atoms with Crippen LogP contribution >= 0.6 is 24.0 Å². The van der Waals surface area contributed by atoms with Crippen molar-refractivity contribution in [3.63, 3.8) is 0 Å². The third-order valence-electron chi connectivity index (χ3n) is 5.54. The summed E-state index contributed by atoms with van der Waals surface area (Å²) in [4.78, 5) is 7.76. The van der Waals surface area contributed by atoms with Crippen LogP contribution in [0.25, 0.3) is 0 Å². The quantitative estimate of drug-likeness (QED) is 0.295. The van der Waals surface area contributed by atoms with Crippen molar-refractivity contribution in [2.45, 2.75) is 57.4 Å². The Balaban J connectivity index is 0.00000450. The summed E-state index contributed by atoms with van der Waals surface area (Å²) in [5.74, 6) is 1.59. The second-order valence-electron chi connectivity index (χ2n) is 8.79. The van der Waals surface area contributed by atoms with E-state index in [-0.39, 0.29) is 29.5 Å². The molecule has 1 fully saturated rings. The van der Waals surface area contributed by atoms with Gasteiger partial charge in [-0.1, -0.05) is 19.1 Å². The van der Waals surface area contributed by atoms with E-state index < -0.39 is 9.84 Å². The van der Waals surface area contributed by atoms with Crippen LogP contribution < -0.4 is 10.6 Å². The Labute approximate surface area is 200 Å². The molecular weight excluding hydrogens is 511 g/mol. The van der Waals surface area contributed by atoms with Crippen molar-refractivity contribution in [1.29, 1.82) is 0 Å². The van der Waals surface area contributed by atoms with Crippen molar-refractivity contribution in [3.8, 4) is 0 Å². The van der Waals surface area contributed by atoms with Crippen molar-refractivity contribution in [1.82, 2.24) is 15.5 Å². The summed E-state index contributed by atoms with van der Waals surface area (Å²) in [6, 6.07) is 7.10. The maximum absolute atomic E-state index is 11.6. The Morgan fingerprint density at radius 3 is 2.47 bits per heavy atom. The first-order valence-corrected chi connectivity index (χ1v) is 12.6. The fourth-order valence-electron chi connectivity index (χ4n) is 3.68. The minimum Gasteiger partial charge on any atom is -0.357 e. The Bertz CT molecular complexity index is 779. The summed E-state index contributed by atoms with van der Waals surface area (Å²) >= 11 is 0. The number of likely N-dealkylation sites (tertiary alicyclic amines) is 1. The number of hydrogen-bond donors (Lipinski definition) is 2. The summed E-state index contributed by atoms with van der Waals surface area (Å²) in [7, 11) is -3.14. The fourth-order valence-corrected chi connectivity index (χ4v) is 4.31. The molecule has 1 saturated heterocycles. The molecule has 0 aromatic heterocycles. The monoisotopic (exact) mass is 550 g/mol.